The van der Waals surface area contributed by atoms with Gasteiger partial charge < -0.3 is 9.73 Å². The maximum atomic E-state index is 13.2. The van der Waals surface area contributed by atoms with Crippen LogP contribution in [0, 0.1) is 5.82 Å². The molecule has 0 radical (unpaired) electrons. The first-order valence-corrected chi connectivity index (χ1v) is 8.23. The minimum Gasteiger partial charge on any atom is -0.417 e. The lowest BCUT2D eigenvalue weighted by Crippen LogP contribution is -2.25. The Labute approximate surface area is 140 Å². The number of rotatable bonds is 6. The summed E-state index contributed by atoms with van der Waals surface area (Å²) in [5.74, 6) is -0.453. The Morgan fingerprint density at radius 2 is 2.21 bits per heavy atom. The number of aromatic nitrogens is 2. The summed E-state index contributed by atoms with van der Waals surface area (Å²) in [7, 11) is 0. The molecule has 1 aromatic carbocycles. The molecule has 1 aliphatic rings. The van der Waals surface area contributed by atoms with Crippen LogP contribution in [0.25, 0.3) is 0 Å². The van der Waals surface area contributed by atoms with E-state index in [-0.39, 0.29) is 17.6 Å². The third-order valence-corrected chi connectivity index (χ3v) is 4.02. The SMILES string of the molecule is O=C(NCCC1=CCCCC1)c1nnc(Cc2cccc(F)c2)o1. The fourth-order valence-corrected chi connectivity index (χ4v) is 2.78. The Balaban J connectivity index is 1.51. The van der Waals surface area contributed by atoms with Crippen LogP contribution in [0.15, 0.2) is 40.3 Å². The second kappa shape index (κ2) is 7.86. The van der Waals surface area contributed by atoms with E-state index in [9.17, 15) is 9.18 Å². The molecule has 3 rings (SSSR count). The van der Waals surface area contributed by atoms with Gasteiger partial charge in [-0.2, -0.15) is 0 Å². The van der Waals surface area contributed by atoms with Gasteiger partial charge in [-0.05, 0) is 49.8 Å². The number of carbonyl (C=O) groups is 1. The average molecular weight is 329 g/mol. The normalized spacial score (nSPS) is 14.3. The fourth-order valence-electron chi connectivity index (χ4n) is 2.78. The maximum absolute atomic E-state index is 13.2. The minimum atomic E-state index is -0.371. The predicted octanol–water partition coefficient (Wildman–Crippen LogP) is 3.42. The molecular weight excluding hydrogens is 309 g/mol. The average Bonchev–Trinajstić information content (AvgIpc) is 3.04. The van der Waals surface area contributed by atoms with E-state index in [0.29, 0.717) is 18.9 Å². The van der Waals surface area contributed by atoms with Crippen molar-refractivity contribution in [1.82, 2.24) is 15.5 Å². The molecule has 0 bridgehead atoms. The summed E-state index contributed by atoms with van der Waals surface area (Å²) in [4.78, 5) is 12.0. The van der Waals surface area contributed by atoms with Gasteiger partial charge in [0.05, 0.1) is 6.42 Å². The lowest BCUT2D eigenvalue weighted by atomic mass is 9.97. The monoisotopic (exact) mass is 329 g/mol. The minimum absolute atomic E-state index is 0.0565. The van der Waals surface area contributed by atoms with E-state index in [2.05, 4.69) is 21.6 Å². The van der Waals surface area contributed by atoms with Crippen LogP contribution in [-0.2, 0) is 6.42 Å². The molecule has 0 unspecified atom stereocenters. The molecule has 0 aliphatic heterocycles. The smallest absolute Gasteiger partial charge is 0.308 e. The van der Waals surface area contributed by atoms with Crippen molar-refractivity contribution in [3.63, 3.8) is 0 Å². The van der Waals surface area contributed by atoms with Crippen LogP contribution in [0.5, 0.6) is 0 Å². The molecule has 6 heteroatoms. The first-order chi connectivity index (χ1) is 11.7. The Kier molecular flexibility index (Phi) is 5.36. The lowest BCUT2D eigenvalue weighted by Gasteiger charge is -2.12. The second-order valence-corrected chi connectivity index (χ2v) is 5.92. The molecule has 5 nitrogen and oxygen atoms in total. The number of carbonyl (C=O) groups excluding carboxylic acids is 1. The van der Waals surface area contributed by atoms with Gasteiger partial charge in [0.1, 0.15) is 5.82 Å². The third-order valence-electron chi connectivity index (χ3n) is 4.02. The molecule has 0 fully saturated rings. The van der Waals surface area contributed by atoms with Crippen molar-refractivity contribution in [3.8, 4) is 0 Å². The second-order valence-electron chi connectivity index (χ2n) is 5.92. The number of benzene rings is 1. The van der Waals surface area contributed by atoms with Crippen molar-refractivity contribution in [2.75, 3.05) is 6.54 Å². The quantitative estimate of drug-likeness (QED) is 0.825. The number of hydrogen-bond donors (Lipinski definition) is 1. The zero-order valence-electron chi connectivity index (χ0n) is 13.4. The molecule has 0 atom stereocenters. The van der Waals surface area contributed by atoms with E-state index < -0.39 is 0 Å². The first-order valence-electron chi connectivity index (χ1n) is 8.23. The first kappa shape index (κ1) is 16.4. The van der Waals surface area contributed by atoms with E-state index in [1.54, 1.807) is 12.1 Å². The molecule has 1 aromatic heterocycles. The van der Waals surface area contributed by atoms with Gasteiger partial charge in [0.2, 0.25) is 5.89 Å². The summed E-state index contributed by atoms with van der Waals surface area (Å²) in [6.07, 6.45) is 8.16. The fraction of sp³-hybridized carbons (Fsp3) is 0.389. The molecular formula is C18H20FN3O2. The Hall–Kier alpha value is -2.50. The zero-order valence-corrected chi connectivity index (χ0v) is 13.4. The van der Waals surface area contributed by atoms with Crippen molar-refractivity contribution in [1.29, 1.82) is 0 Å². The molecule has 1 heterocycles. The van der Waals surface area contributed by atoms with E-state index in [1.165, 1.54) is 30.5 Å². The highest BCUT2D eigenvalue weighted by molar-refractivity contribution is 5.89. The van der Waals surface area contributed by atoms with Crippen LogP contribution in [-0.4, -0.2) is 22.6 Å². The third kappa shape index (κ3) is 4.50. The Bertz CT molecular complexity index is 739. The van der Waals surface area contributed by atoms with Gasteiger partial charge in [-0.25, -0.2) is 4.39 Å². The van der Waals surface area contributed by atoms with Gasteiger partial charge in [-0.1, -0.05) is 23.8 Å². The highest BCUT2D eigenvalue weighted by atomic mass is 19.1. The summed E-state index contributed by atoms with van der Waals surface area (Å²) in [5.41, 5.74) is 2.12. The molecule has 1 amide bonds. The van der Waals surface area contributed by atoms with Crippen LogP contribution < -0.4 is 5.32 Å². The molecule has 0 saturated carbocycles. The van der Waals surface area contributed by atoms with Crippen LogP contribution in [0.3, 0.4) is 0 Å². The van der Waals surface area contributed by atoms with Gasteiger partial charge in [0.25, 0.3) is 0 Å². The van der Waals surface area contributed by atoms with Gasteiger partial charge in [0, 0.05) is 6.54 Å². The zero-order chi connectivity index (χ0) is 16.8. The van der Waals surface area contributed by atoms with E-state index in [4.69, 9.17) is 4.42 Å². The number of amides is 1. The van der Waals surface area contributed by atoms with Crippen LogP contribution in [0.1, 0.15) is 54.2 Å². The molecule has 0 spiro atoms. The van der Waals surface area contributed by atoms with Crippen molar-refractivity contribution in [2.24, 2.45) is 0 Å². The van der Waals surface area contributed by atoms with E-state index in [0.717, 1.165) is 24.8 Å². The van der Waals surface area contributed by atoms with Gasteiger partial charge in [0.15, 0.2) is 0 Å². The Morgan fingerprint density at radius 1 is 1.29 bits per heavy atom. The van der Waals surface area contributed by atoms with Crippen LogP contribution in [0.4, 0.5) is 4.39 Å². The van der Waals surface area contributed by atoms with Crippen LogP contribution in [0.2, 0.25) is 0 Å². The number of hydrogen-bond acceptors (Lipinski definition) is 4. The molecule has 126 valence electrons. The number of halogens is 1. The summed E-state index contributed by atoms with van der Waals surface area (Å²) < 4.78 is 18.5. The van der Waals surface area contributed by atoms with E-state index >= 15 is 0 Å². The van der Waals surface area contributed by atoms with Crippen molar-refractivity contribution in [3.05, 3.63) is 59.1 Å². The standard InChI is InChI=1S/C18H20FN3O2/c19-15-8-4-7-14(11-15)12-16-21-22-18(24-16)17(23)20-10-9-13-5-2-1-3-6-13/h4-5,7-8,11H,1-3,6,9-10,12H2,(H,20,23). The summed E-state index contributed by atoms with van der Waals surface area (Å²) in [6, 6.07) is 6.17. The summed E-state index contributed by atoms with van der Waals surface area (Å²) in [5, 5.41) is 10.4. The van der Waals surface area contributed by atoms with E-state index in [1.807, 2.05) is 0 Å². The molecule has 1 aliphatic carbocycles. The summed E-state index contributed by atoms with van der Waals surface area (Å²) >= 11 is 0. The summed E-state index contributed by atoms with van der Waals surface area (Å²) in [6.45, 7) is 0.562. The lowest BCUT2D eigenvalue weighted by molar-refractivity contribution is 0.0917. The van der Waals surface area contributed by atoms with Gasteiger partial charge in [-0.3, -0.25) is 4.79 Å². The Morgan fingerprint density at radius 3 is 3.00 bits per heavy atom. The maximum Gasteiger partial charge on any atom is 0.308 e. The van der Waals surface area contributed by atoms with Gasteiger partial charge >= 0.3 is 11.8 Å². The number of nitrogens with zero attached hydrogens (tertiary/aromatic N) is 2. The molecule has 1 N–H and O–H groups in total. The van der Waals surface area contributed by atoms with Crippen LogP contribution >= 0.6 is 0 Å². The largest absolute Gasteiger partial charge is 0.417 e. The highest BCUT2D eigenvalue weighted by Gasteiger charge is 2.15. The topological polar surface area (TPSA) is 68.0 Å². The van der Waals surface area contributed by atoms with Crippen molar-refractivity contribution in [2.45, 2.75) is 38.5 Å². The number of nitrogens with one attached hydrogen (secondary N) is 1. The van der Waals surface area contributed by atoms with Crippen molar-refractivity contribution < 1.29 is 13.6 Å². The van der Waals surface area contributed by atoms with Gasteiger partial charge in [-0.15, -0.1) is 10.2 Å². The molecule has 0 saturated heterocycles. The van der Waals surface area contributed by atoms with Crippen molar-refractivity contribution >= 4 is 5.91 Å². The molecule has 24 heavy (non-hydrogen) atoms. The molecule has 2 aromatic rings. The number of allylic oxidation sites excluding steroid dienone is 1. The highest BCUT2D eigenvalue weighted by Crippen LogP contribution is 2.19. The predicted molar refractivity (Wildman–Crippen MR) is 87.0 cm³/mol.